The second-order valence-electron chi connectivity index (χ2n) is 4.93. The van der Waals surface area contributed by atoms with Crippen LogP contribution < -0.4 is 0 Å². The molecule has 0 aromatic rings. The molecule has 6 nitrogen and oxygen atoms in total. The van der Waals surface area contributed by atoms with E-state index < -0.39 is 30.0 Å². The number of Topliss-reactive ketones (excluding diaryl/α,β-unsaturated/α-hetero) is 1. The predicted molar refractivity (Wildman–Crippen MR) is 60.7 cm³/mol. The second kappa shape index (κ2) is 5.65. The lowest BCUT2D eigenvalue weighted by Gasteiger charge is -2.29. The van der Waals surface area contributed by atoms with E-state index in [0.717, 1.165) is 4.90 Å². The summed E-state index contributed by atoms with van der Waals surface area (Å²) in [5.74, 6) is -2.59. The lowest BCUT2D eigenvalue weighted by Crippen LogP contribution is -2.45. The first kappa shape index (κ1) is 15.4. The number of ether oxygens (including phenoxy) is 1. The van der Waals surface area contributed by atoms with Crippen LogP contribution in [0.25, 0.3) is 0 Å². The molecule has 0 aliphatic carbocycles. The number of amides is 1. The van der Waals surface area contributed by atoms with Crippen LogP contribution in [0.5, 0.6) is 0 Å². The molecule has 0 unspecified atom stereocenters. The standard InChI is InChI=1S/C11H19NO5/c1-7(2)12(6-8(13)9(14)15)10(16)17-11(3,4)5/h7H,6H2,1-5H3,(H,14,15). The number of hydrogen-bond acceptors (Lipinski definition) is 4. The van der Waals surface area contributed by atoms with Crippen molar-refractivity contribution in [2.24, 2.45) is 0 Å². The van der Waals surface area contributed by atoms with Crippen molar-refractivity contribution >= 4 is 17.8 Å². The van der Waals surface area contributed by atoms with Gasteiger partial charge in [-0.25, -0.2) is 9.59 Å². The van der Waals surface area contributed by atoms with Gasteiger partial charge in [-0.1, -0.05) is 0 Å². The van der Waals surface area contributed by atoms with E-state index in [4.69, 9.17) is 9.84 Å². The number of aliphatic carboxylic acids is 1. The van der Waals surface area contributed by atoms with Crippen LogP contribution in [0.15, 0.2) is 0 Å². The Balaban J connectivity index is 4.70. The van der Waals surface area contributed by atoms with Crippen LogP contribution in [0.1, 0.15) is 34.6 Å². The van der Waals surface area contributed by atoms with E-state index in [0.29, 0.717) is 0 Å². The van der Waals surface area contributed by atoms with Crippen molar-refractivity contribution in [3.63, 3.8) is 0 Å². The number of carboxylic acids is 1. The minimum absolute atomic E-state index is 0.312. The Morgan fingerprint density at radius 3 is 2.00 bits per heavy atom. The van der Waals surface area contributed by atoms with Crippen LogP contribution in [-0.2, 0) is 14.3 Å². The van der Waals surface area contributed by atoms with Gasteiger partial charge in [0.25, 0.3) is 5.78 Å². The molecule has 1 N–H and O–H groups in total. The quantitative estimate of drug-likeness (QED) is 0.754. The average molecular weight is 245 g/mol. The molecular formula is C11H19NO5. The predicted octanol–water partition coefficient (Wildman–Crippen LogP) is 1.29. The van der Waals surface area contributed by atoms with E-state index in [1.807, 2.05) is 0 Å². The second-order valence-corrected chi connectivity index (χ2v) is 4.93. The molecule has 0 saturated heterocycles. The Kier molecular flexibility index (Phi) is 5.12. The first-order valence-corrected chi connectivity index (χ1v) is 5.30. The number of rotatable bonds is 4. The molecule has 0 rings (SSSR count). The number of carbonyl (C=O) groups excluding carboxylic acids is 2. The van der Waals surface area contributed by atoms with Gasteiger partial charge >= 0.3 is 12.1 Å². The highest BCUT2D eigenvalue weighted by atomic mass is 16.6. The summed E-state index contributed by atoms with van der Waals surface area (Å²) in [6.07, 6.45) is -0.693. The van der Waals surface area contributed by atoms with Gasteiger partial charge in [0, 0.05) is 6.04 Å². The highest BCUT2D eigenvalue weighted by Crippen LogP contribution is 2.11. The van der Waals surface area contributed by atoms with Gasteiger partial charge in [0.15, 0.2) is 0 Å². The Morgan fingerprint density at radius 1 is 1.24 bits per heavy atom. The van der Waals surface area contributed by atoms with Gasteiger partial charge in [0.05, 0.1) is 6.54 Å². The van der Waals surface area contributed by atoms with Crippen LogP contribution in [-0.4, -0.2) is 46.0 Å². The molecule has 0 fully saturated rings. The fraction of sp³-hybridized carbons (Fsp3) is 0.727. The highest BCUT2D eigenvalue weighted by Gasteiger charge is 2.27. The molecule has 0 bridgehead atoms. The Labute approximate surface area is 101 Å². The van der Waals surface area contributed by atoms with Gasteiger partial charge < -0.3 is 9.84 Å². The van der Waals surface area contributed by atoms with E-state index in [2.05, 4.69) is 0 Å². The van der Waals surface area contributed by atoms with Crippen molar-refractivity contribution < 1.29 is 24.2 Å². The SMILES string of the molecule is CC(C)N(CC(=O)C(=O)O)C(=O)OC(C)(C)C. The van der Waals surface area contributed by atoms with Gasteiger partial charge in [-0.05, 0) is 34.6 Å². The third kappa shape index (κ3) is 5.89. The van der Waals surface area contributed by atoms with Crippen LogP contribution in [0.4, 0.5) is 4.79 Å². The maximum absolute atomic E-state index is 11.7. The van der Waals surface area contributed by atoms with Crippen molar-refractivity contribution in [2.75, 3.05) is 6.54 Å². The number of nitrogens with zero attached hydrogens (tertiary/aromatic N) is 1. The van der Waals surface area contributed by atoms with Gasteiger partial charge in [-0.15, -0.1) is 0 Å². The molecule has 0 saturated carbocycles. The van der Waals surface area contributed by atoms with E-state index in [1.165, 1.54) is 0 Å². The van der Waals surface area contributed by atoms with Crippen molar-refractivity contribution in [2.45, 2.75) is 46.3 Å². The molecule has 17 heavy (non-hydrogen) atoms. The highest BCUT2D eigenvalue weighted by molar-refractivity contribution is 6.33. The number of hydrogen-bond donors (Lipinski definition) is 1. The molecule has 0 heterocycles. The number of ketones is 1. The normalized spacial score (nSPS) is 11.2. The molecule has 0 spiro atoms. The molecular weight excluding hydrogens is 226 g/mol. The van der Waals surface area contributed by atoms with Crippen LogP contribution >= 0.6 is 0 Å². The van der Waals surface area contributed by atoms with Crippen LogP contribution in [0.3, 0.4) is 0 Å². The minimum atomic E-state index is -1.56. The maximum Gasteiger partial charge on any atom is 0.410 e. The Morgan fingerprint density at radius 2 is 1.71 bits per heavy atom. The van der Waals surface area contributed by atoms with E-state index in [9.17, 15) is 14.4 Å². The molecule has 0 radical (unpaired) electrons. The average Bonchev–Trinajstić information content (AvgIpc) is 2.09. The summed E-state index contributed by atoms with van der Waals surface area (Å²) >= 11 is 0. The van der Waals surface area contributed by atoms with Gasteiger partial charge in [0.1, 0.15) is 5.60 Å². The van der Waals surface area contributed by atoms with Gasteiger partial charge in [-0.3, -0.25) is 9.69 Å². The maximum atomic E-state index is 11.7. The first-order chi connectivity index (χ1) is 7.54. The molecule has 0 atom stereocenters. The summed E-state index contributed by atoms with van der Waals surface area (Å²) < 4.78 is 5.08. The van der Waals surface area contributed by atoms with E-state index in [-0.39, 0.29) is 6.04 Å². The van der Waals surface area contributed by atoms with E-state index >= 15 is 0 Å². The molecule has 0 aliphatic rings. The fourth-order valence-corrected chi connectivity index (χ4v) is 1.00. The smallest absolute Gasteiger partial charge is 0.410 e. The zero-order valence-corrected chi connectivity index (χ0v) is 10.8. The lowest BCUT2D eigenvalue weighted by atomic mass is 10.2. The van der Waals surface area contributed by atoms with Gasteiger partial charge in [-0.2, -0.15) is 0 Å². The molecule has 0 aromatic heterocycles. The monoisotopic (exact) mass is 245 g/mol. The van der Waals surface area contributed by atoms with Crippen molar-refractivity contribution in [3.8, 4) is 0 Å². The zero-order chi connectivity index (χ0) is 13.8. The fourth-order valence-electron chi connectivity index (χ4n) is 1.00. The summed E-state index contributed by atoms with van der Waals surface area (Å²) in [6.45, 7) is 7.97. The third-order valence-corrected chi connectivity index (χ3v) is 1.80. The number of carboxylic acid groups (broad SMARTS) is 1. The summed E-state index contributed by atoms with van der Waals surface area (Å²) in [4.78, 5) is 34.3. The van der Waals surface area contributed by atoms with Crippen LogP contribution in [0.2, 0.25) is 0 Å². The summed E-state index contributed by atoms with van der Waals surface area (Å²) in [7, 11) is 0. The van der Waals surface area contributed by atoms with Crippen molar-refractivity contribution in [1.82, 2.24) is 4.90 Å². The van der Waals surface area contributed by atoms with Crippen molar-refractivity contribution in [1.29, 1.82) is 0 Å². The van der Waals surface area contributed by atoms with Crippen molar-refractivity contribution in [3.05, 3.63) is 0 Å². The molecule has 98 valence electrons. The topological polar surface area (TPSA) is 83.9 Å². The zero-order valence-electron chi connectivity index (χ0n) is 10.8. The largest absolute Gasteiger partial charge is 0.475 e. The van der Waals surface area contributed by atoms with E-state index in [1.54, 1.807) is 34.6 Å². The first-order valence-electron chi connectivity index (χ1n) is 5.30. The van der Waals surface area contributed by atoms with Crippen LogP contribution in [0, 0.1) is 0 Å². The molecule has 0 aromatic carbocycles. The summed E-state index contributed by atoms with van der Waals surface area (Å²) in [5.41, 5.74) is -0.684. The molecule has 0 aliphatic heterocycles. The summed E-state index contributed by atoms with van der Waals surface area (Å²) in [5, 5.41) is 8.50. The van der Waals surface area contributed by atoms with Gasteiger partial charge in [0.2, 0.25) is 0 Å². The number of carbonyl (C=O) groups is 3. The summed E-state index contributed by atoms with van der Waals surface area (Å²) in [6, 6.07) is -0.312. The molecule has 1 amide bonds. The third-order valence-electron chi connectivity index (χ3n) is 1.80. The Bertz CT molecular complexity index is 316. The lowest BCUT2D eigenvalue weighted by molar-refractivity contribution is -0.149. The Hall–Kier alpha value is -1.59. The minimum Gasteiger partial charge on any atom is -0.475 e. The molecule has 6 heteroatoms.